The van der Waals surface area contributed by atoms with Gasteiger partial charge in [-0.3, -0.25) is 0 Å². The van der Waals surface area contributed by atoms with E-state index < -0.39 is 0 Å². The van der Waals surface area contributed by atoms with E-state index in [1.54, 1.807) is 0 Å². The van der Waals surface area contributed by atoms with Crippen molar-refractivity contribution in [1.29, 1.82) is 0 Å². The summed E-state index contributed by atoms with van der Waals surface area (Å²) in [5.41, 5.74) is 9.24. The van der Waals surface area contributed by atoms with Crippen LogP contribution in [0.5, 0.6) is 0 Å². The second-order valence-corrected chi connectivity index (χ2v) is 13.3. The molecule has 4 nitrogen and oxygen atoms in total. The number of benzene rings is 8. The van der Waals surface area contributed by atoms with Crippen LogP contribution in [0.3, 0.4) is 0 Å². The van der Waals surface area contributed by atoms with E-state index in [-0.39, 0.29) is 0 Å². The van der Waals surface area contributed by atoms with Gasteiger partial charge in [-0.2, -0.15) is 0 Å². The van der Waals surface area contributed by atoms with Crippen molar-refractivity contribution in [1.82, 2.24) is 14.4 Å². The SMILES string of the molecule is c1ccc2c(c1)ccc1nc(-c3cccc4c3c3ccc5cccc6c7ccccc7n4c3c56)nc(-c3ccc4oc5ccccc5c4c3)c12. The molecule has 8 aromatic carbocycles. The first-order valence-corrected chi connectivity index (χ1v) is 17.0. The highest BCUT2D eigenvalue weighted by molar-refractivity contribution is 6.30. The number of aromatic nitrogens is 3. The number of nitrogens with zero attached hydrogens (tertiary/aromatic N) is 3. The van der Waals surface area contributed by atoms with Crippen molar-refractivity contribution in [3.05, 3.63) is 152 Å². The molecular formula is C46H25N3O. The molecule has 4 aromatic heterocycles. The van der Waals surface area contributed by atoms with E-state index >= 15 is 0 Å². The fourth-order valence-corrected chi connectivity index (χ4v) is 8.59. The molecule has 0 amide bonds. The number of pyridine rings is 1. The summed E-state index contributed by atoms with van der Waals surface area (Å²) in [7, 11) is 0. The lowest BCUT2D eigenvalue weighted by atomic mass is 9.97. The minimum Gasteiger partial charge on any atom is -0.456 e. The van der Waals surface area contributed by atoms with E-state index in [4.69, 9.17) is 14.4 Å². The predicted molar refractivity (Wildman–Crippen MR) is 207 cm³/mol. The molecule has 230 valence electrons. The molecule has 0 fully saturated rings. The molecule has 0 saturated heterocycles. The molecule has 4 heteroatoms. The first-order valence-electron chi connectivity index (χ1n) is 17.0. The van der Waals surface area contributed by atoms with Crippen LogP contribution >= 0.6 is 0 Å². The number of furan rings is 1. The second kappa shape index (κ2) is 9.43. The quantitative estimate of drug-likeness (QED) is 0.140. The molecule has 50 heavy (non-hydrogen) atoms. The maximum Gasteiger partial charge on any atom is 0.161 e. The van der Waals surface area contributed by atoms with Crippen LogP contribution in [-0.2, 0) is 0 Å². The zero-order chi connectivity index (χ0) is 32.5. The zero-order valence-electron chi connectivity index (χ0n) is 26.7. The van der Waals surface area contributed by atoms with E-state index in [0.717, 1.165) is 66.0 Å². The normalized spacial score (nSPS) is 12.4. The van der Waals surface area contributed by atoms with E-state index in [9.17, 15) is 0 Å². The minimum atomic E-state index is 0.713. The third-order valence-electron chi connectivity index (χ3n) is 10.7. The smallest absolute Gasteiger partial charge is 0.161 e. The van der Waals surface area contributed by atoms with Crippen LogP contribution in [0.4, 0.5) is 0 Å². The van der Waals surface area contributed by atoms with Gasteiger partial charge in [0.1, 0.15) is 11.2 Å². The lowest BCUT2D eigenvalue weighted by Crippen LogP contribution is -1.96. The van der Waals surface area contributed by atoms with Gasteiger partial charge in [0, 0.05) is 48.8 Å². The fraction of sp³-hybridized carbons (Fsp3) is 0. The average molecular weight is 636 g/mol. The standard InChI is InChI=1S/C46H25N3O/c1-2-11-29-26(9-1)20-23-36-43(29)44(28-21-24-40-35(25-28)31-13-4-6-18-39(31)50-40)48-46(47-36)34-15-8-17-38-42(34)33-22-19-27-10-7-14-32-30-12-3-5-16-37(30)49(38)45(33)41(27)32/h1-25H. The molecule has 0 spiro atoms. The summed E-state index contributed by atoms with van der Waals surface area (Å²) in [4.78, 5) is 10.9. The monoisotopic (exact) mass is 635 g/mol. The van der Waals surface area contributed by atoms with Crippen molar-refractivity contribution >= 4 is 92.5 Å². The molecule has 0 radical (unpaired) electrons. The highest BCUT2D eigenvalue weighted by atomic mass is 16.3. The molecular weight excluding hydrogens is 611 g/mol. The Morgan fingerprint density at radius 2 is 1.18 bits per heavy atom. The average Bonchev–Trinajstić information content (AvgIpc) is 3.73. The molecule has 0 saturated carbocycles. The van der Waals surface area contributed by atoms with E-state index in [2.05, 4.69) is 144 Å². The Labute approximate surface area is 284 Å². The highest BCUT2D eigenvalue weighted by Gasteiger charge is 2.22. The summed E-state index contributed by atoms with van der Waals surface area (Å²) in [6, 6.07) is 54.0. The van der Waals surface area contributed by atoms with Crippen LogP contribution in [0.15, 0.2) is 156 Å². The summed E-state index contributed by atoms with van der Waals surface area (Å²) in [6.07, 6.45) is 0. The van der Waals surface area contributed by atoms with Crippen LogP contribution in [0.25, 0.3) is 115 Å². The summed E-state index contributed by atoms with van der Waals surface area (Å²) >= 11 is 0. The Kier molecular flexibility index (Phi) is 4.94. The van der Waals surface area contributed by atoms with Crippen LogP contribution in [0, 0.1) is 0 Å². The van der Waals surface area contributed by atoms with Crippen molar-refractivity contribution in [3.63, 3.8) is 0 Å². The van der Waals surface area contributed by atoms with Gasteiger partial charge in [-0.1, -0.05) is 109 Å². The van der Waals surface area contributed by atoms with Crippen molar-refractivity contribution in [2.45, 2.75) is 0 Å². The highest BCUT2D eigenvalue weighted by Crippen LogP contribution is 2.45. The van der Waals surface area contributed by atoms with Gasteiger partial charge in [0.2, 0.25) is 0 Å². The predicted octanol–water partition coefficient (Wildman–Crippen LogP) is 12.3. The Bertz CT molecular complexity index is 3370. The number of fused-ring (bicyclic) bond motifs is 12. The Balaban J connectivity index is 1.22. The summed E-state index contributed by atoms with van der Waals surface area (Å²) in [5, 5.41) is 13.0. The molecule has 0 aliphatic heterocycles. The van der Waals surface area contributed by atoms with Gasteiger partial charge in [-0.05, 0) is 64.0 Å². The second-order valence-electron chi connectivity index (χ2n) is 13.3. The Morgan fingerprint density at radius 3 is 2.14 bits per heavy atom. The van der Waals surface area contributed by atoms with E-state index in [1.165, 1.54) is 43.4 Å². The van der Waals surface area contributed by atoms with Crippen LogP contribution in [0.2, 0.25) is 0 Å². The number of para-hydroxylation sites is 2. The van der Waals surface area contributed by atoms with Gasteiger partial charge < -0.3 is 8.82 Å². The van der Waals surface area contributed by atoms with Crippen LogP contribution in [-0.4, -0.2) is 14.4 Å². The van der Waals surface area contributed by atoms with Gasteiger partial charge in [-0.25, -0.2) is 9.97 Å². The number of hydrogen-bond acceptors (Lipinski definition) is 3. The molecule has 0 N–H and O–H groups in total. The van der Waals surface area contributed by atoms with Gasteiger partial charge in [0.15, 0.2) is 5.82 Å². The molecule has 0 unspecified atom stereocenters. The number of rotatable bonds is 2. The molecule has 0 bridgehead atoms. The summed E-state index contributed by atoms with van der Waals surface area (Å²) in [5.74, 6) is 0.713. The zero-order valence-corrected chi connectivity index (χ0v) is 26.7. The minimum absolute atomic E-state index is 0.713. The lowest BCUT2D eigenvalue weighted by Gasteiger charge is -2.13. The van der Waals surface area contributed by atoms with E-state index in [1.807, 2.05) is 12.1 Å². The van der Waals surface area contributed by atoms with Crippen molar-refractivity contribution in [2.75, 3.05) is 0 Å². The maximum atomic E-state index is 6.22. The molecule has 4 heterocycles. The van der Waals surface area contributed by atoms with Gasteiger partial charge in [0.05, 0.1) is 27.8 Å². The van der Waals surface area contributed by atoms with Crippen molar-refractivity contribution in [2.24, 2.45) is 0 Å². The fourth-order valence-electron chi connectivity index (χ4n) is 8.59. The van der Waals surface area contributed by atoms with Gasteiger partial charge in [-0.15, -0.1) is 0 Å². The molecule has 0 atom stereocenters. The first kappa shape index (κ1) is 26.2. The third-order valence-corrected chi connectivity index (χ3v) is 10.7. The van der Waals surface area contributed by atoms with E-state index in [0.29, 0.717) is 5.82 Å². The molecule has 12 rings (SSSR count). The Morgan fingerprint density at radius 1 is 0.440 bits per heavy atom. The van der Waals surface area contributed by atoms with Crippen LogP contribution in [0.1, 0.15) is 0 Å². The largest absolute Gasteiger partial charge is 0.456 e. The molecule has 0 aliphatic rings. The van der Waals surface area contributed by atoms with Crippen molar-refractivity contribution in [3.8, 4) is 22.6 Å². The molecule has 12 aromatic rings. The molecule has 0 aliphatic carbocycles. The Hall–Kier alpha value is -6.78. The van der Waals surface area contributed by atoms with Gasteiger partial charge in [0.25, 0.3) is 0 Å². The van der Waals surface area contributed by atoms with Crippen molar-refractivity contribution < 1.29 is 4.42 Å². The van der Waals surface area contributed by atoms with Crippen LogP contribution < -0.4 is 0 Å². The third kappa shape index (κ3) is 3.34. The van der Waals surface area contributed by atoms with Gasteiger partial charge >= 0.3 is 0 Å². The maximum absolute atomic E-state index is 6.22. The first-order chi connectivity index (χ1) is 24.8. The summed E-state index contributed by atoms with van der Waals surface area (Å²) < 4.78 is 8.67. The lowest BCUT2D eigenvalue weighted by molar-refractivity contribution is 0.669. The number of hydrogen-bond donors (Lipinski definition) is 0. The summed E-state index contributed by atoms with van der Waals surface area (Å²) in [6.45, 7) is 0. The topological polar surface area (TPSA) is 43.3 Å².